The number of sulfonamides is 1. The number of nitrogens with two attached hydrogens (primary N) is 1. The van der Waals surface area contributed by atoms with Crippen LogP contribution in [0.2, 0.25) is 0 Å². The van der Waals surface area contributed by atoms with Gasteiger partial charge in [-0.3, -0.25) is 0 Å². The molecule has 2 rings (SSSR count). The smallest absolute Gasteiger partial charge is 0.234 e. The molecule has 2 N–H and O–H groups in total. The zero-order valence-corrected chi connectivity index (χ0v) is 11.4. The van der Waals surface area contributed by atoms with Crippen LogP contribution in [0.3, 0.4) is 0 Å². The summed E-state index contributed by atoms with van der Waals surface area (Å²) in [7, 11) is -3.73. The van der Waals surface area contributed by atoms with E-state index in [1.165, 1.54) is 17.4 Å². The Morgan fingerprint density at radius 3 is 2.82 bits per heavy atom. The van der Waals surface area contributed by atoms with Gasteiger partial charge < -0.3 is 0 Å². The molecule has 17 heavy (non-hydrogen) atoms. The van der Waals surface area contributed by atoms with Crippen LogP contribution in [-0.4, -0.2) is 13.4 Å². The Morgan fingerprint density at radius 2 is 2.29 bits per heavy atom. The monoisotopic (exact) mass is 290 g/mol. The standard InChI is InChI=1S/C10H11ClN2O2S2/c1-7-8(17(12,14)15)3-2-4-10(7,11)9-13-5-6-16-9/h2-7H,1H3,(H2,12,14,15). The maximum absolute atomic E-state index is 11.5. The van der Waals surface area contributed by atoms with E-state index in [2.05, 4.69) is 4.98 Å². The molecule has 1 aromatic heterocycles. The van der Waals surface area contributed by atoms with E-state index in [-0.39, 0.29) is 4.91 Å². The highest BCUT2D eigenvalue weighted by molar-refractivity contribution is 7.93. The van der Waals surface area contributed by atoms with E-state index in [0.717, 1.165) is 0 Å². The van der Waals surface area contributed by atoms with Crippen LogP contribution in [0.25, 0.3) is 0 Å². The number of primary sulfonamides is 1. The largest absolute Gasteiger partial charge is 0.247 e. The third kappa shape index (κ3) is 2.18. The number of alkyl halides is 1. The number of nitrogens with zero attached hydrogens (tertiary/aromatic N) is 1. The molecule has 0 saturated carbocycles. The summed E-state index contributed by atoms with van der Waals surface area (Å²) in [5.41, 5.74) is 0. The van der Waals surface area contributed by atoms with Gasteiger partial charge in [0.2, 0.25) is 10.0 Å². The minimum absolute atomic E-state index is 0.130. The molecule has 1 aromatic rings. The Morgan fingerprint density at radius 1 is 1.59 bits per heavy atom. The molecule has 2 atom stereocenters. The van der Waals surface area contributed by atoms with Crippen LogP contribution in [0.1, 0.15) is 11.9 Å². The van der Waals surface area contributed by atoms with Crippen molar-refractivity contribution in [2.75, 3.05) is 0 Å². The molecule has 0 bridgehead atoms. The van der Waals surface area contributed by atoms with E-state index in [9.17, 15) is 8.42 Å². The second-order valence-electron chi connectivity index (χ2n) is 3.80. The van der Waals surface area contributed by atoms with Crippen LogP contribution in [0.4, 0.5) is 0 Å². The summed E-state index contributed by atoms with van der Waals surface area (Å²) in [6, 6.07) is 0. The average molecular weight is 291 g/mol. The van der Waals surface area contributed by atoms with E-state index >= 15 is 0 Å². The van der Waals surface area contributed by atoms with Crippen molar-refractivity contribution >= 4 is 33.0 Å². The fourth-order valence-corrected chi connectivity index (χ4v) is 3.97. The van der Waals surface area contributed by atoms with Gasteiger partial charge in [0.05, 0.1) is 4.91 Å². The van der Waals surface area contributed by atoms with Crippen molar-refractivity contribution in [3.05, 3.63) is 39.7 Å². The summed E-state index contributed by atoms with van der Waals surface area (Å²) in [6.45, 7) is 1.73. The van der Waals surface area contributed by atoms with Gasteiger partial charge >= 0.3 is 0 Å². The Bertz CT molecular complexity index is 577. The van der Waals surface area contributed by atoms with Crippen molar-refractivity contribution in [2.45, 2.75) is 11.8 Å². The van der Waals surface area contributed by atoms with Crippen molar-refractivity contribution in [2.24, 2.45) is 11.1 Å². The van der Waals surface area contributed by atoms with Crippen LogP contribution in [0.5, 0.6) is 0 Å². The van der Waals surface area contributed by atoms with Crippen LogP contribution in [-0.2, 0) is 14.9 Å². The van der Waals surface area contributed by atoms with Crippen molar-refractivity contribution < 1.29 is 8.42 Å². The predicted octanol–water partition coefficient (Wildman–Crippen LogP) is 1.96. The summed E-state index contributed by atoms with van der Waals surface area (Å²) < 4.78 is 22.9. The van der Waals surface area contributed by atoms with Gasteiger partial charge in [0.15, 0.2) is 0 Å². The van der Waals surface area contributed by atoms with E-state index in [4.69, 9.17) is 16.7 Å². The number of hydrogen-bond donors (Lipinski definition) is 1. The summed E-state index contributed by atoms with van der Waals surface area (Å²) in [5.74, 6) is -0.449. The highest BCUT2D eigenvalue weighted by atomic mass is 35.5. The average Bonchev–Trinajstić information content (AvgIpc) is 2.74. The number of thiazole rings is 1. The van der Waals surface area contributed by atoms with Gasteiger partial charge in [0, 0.05) is 17.5 Å². The maximum Gasteiger partial charge on any atom is 0.234 e. The van der Waals surface area contributed by atoms with Gasteiger partial charge in [-0.05, 0) is 6.08 Å². The molecule has 0 amide bonds. The normalized spacial score (nSPS) is 29.1. The highest BCUT2D eigenvalue weighted by Gasteiger charge is 2.42. The number of aromatic nitrogens is 1. The first-order valence-corrected chi connectivity index (χ1v) is 7.67. The summed E-state index contributed by atoms with van der Waals surface area (Å²) in [5, 5.41) is 7.63. The molecule has 92 valence electrons. The molecule has 0 radical (unpaired) electrons. The lowest BCUT2D eigenvalue weighted by atomic mass is 9.89. The number of hydrogen-bond acceptors (Lipinski definition) is 4. The molecular formula is C10H11ClN2O2S2. The fraction of sp³-hybridized carbons (Fsp3) is 0.300. The van der Waals surface area contributed by atoms with Crippen LogP contribution in [0, 0.1) is 5.92 Å². The first-order chi connectivity index (χ1) is 7.86. The third-order valence-electron chi connectivity index (χ3n) is 2.74. The first-order valence-electron chi connectivity index (χ1n) is 4.87. The molecular weight excluding hydrogens is 280 g/mol. The molecule has 2 unspecified atom stereocenters. The van der Waals surface area contributed by atoms with Gasteiger partial charge in [-0.25, -0.2) is 18.5 Å². The number of rotatable bonds is 2. The summed E-state index contributed by atoms with van der Waals surface area (Å²) in [6.07, 6.45) is 6.47. The lowest BCUT2D eigenvalue weighted by Crippen LogP contribution is -2.33. The molecule has 1 aliphatic carbocycles. The molecule has 0 aromatic carbocycles. The van der Waals surface area contributed by atoms with Gasteiger partial charge in [-0.1, -0.05) is 19.1 Å². The second kappa shape index (κ2) is 4.20. The van der Waals surface area contributed by atoms with E-state index in [0.29, 0.717) is 5.01 Å². The Labute approximate surface area is 109 Å². The van der Waals surface area contributed by atoms with Crippen molar-refractivity contribution in [1.82, 2.24) is 4.98 Å². The number of allylic oxidation sites excluding steroid dienone is 4. The molecule has 0 saturated heterocycles. The predicted molar refractivity (Wildman–Crippen MR) is 69.1 cm³/mol. The van der Waals surface area contributed by atoms with Crippen LogP contribution in [0.15, 0.2) is 34.7 Å². The fourth-order valence-electron chi connectivity index (χ4n) is 1.79. The lowest BCUT2D eigenvalue weighted by molar-refractivity contribution is 0.540. The zero-order valence-electron chi connectivity index (χ0n) is 9.00. The molecule has 4 nitrogen and oxygen atoms in total. The second-order valence-corrected chi connectivity index (χ2v) is 6.88. The molecule has 0 spiro atoms. The van der Waals surface area contributed by atoms with Crippen molar-refractivity contribution in [3.8, 4) is 0 Å². The quantitative estimate of drug-likeness (QED) is 0.846. The molecule has 0 fully saturated rings. The first kappa shape index (κ1) is 12.8. The van der Waals surface area contributed by atoms with Gasteiger partial charge in [0.1, 0.15) is 9.88 Å². The van der Waals surface area contributed by atoms with E-state index in [1.54, 1.807) is 30.7 Å². The molecule has 0 aliphatic heterocycles. The Balaban J connectivity index is 2.50. The lowest BCUT2D eigenvalue weighted by Gasteiger charge is -2.31. The SMILES string of the molecule is CC1C(S(N)(=O)=O)=CC=CC1(Cl)c1nccs1. The van der Waals surface area contributed by atoms with Crippen LogP contribution < -0.4 is 5.14 Å². The Hall–Kier alpha value is -0.690. The van der Waals surface area contributed by atoms with Crippen LogP contribution >= 0.6 is 22.9 Å². The Kier molecular flexibility index (Phi) is 3.15. The van der Waals surface area contributed by atoms with E-state index in [1.807, 2.05) is 0 Å². The summed E-state index contributed by atoms with van der Waals surface area (Å²) in [4.78, 5) is 3.34. The van der Waals surface area contributed by atoms with Crippen molar-refractivity contribution in [3.63, 3.8) is 0 Å². The zero-order chi connectivity index (χ0) is 12.7. The summed E-state index contributed by atoms with van der Waals surface area (Å²) >= 11 is 7.88. The maximum atomic E-state index is 11.5. The van der Waals surface area contributed by atoms with Gasteiger partial charge in [-0.2, -0.15) is 0 Å². The van der Waals surface area contributed by atoms with Crippen molar-refractivity contribution in [1.29, 1.82) is 0 Å². The van der Waals surface area contributed by atoms with Gasteiger partial charge in [-0.15, -0.1) is 22.9 Å². The third-order valence-corrected chi connectivity index (χ3v) is 5.56. The van der Waals surface area contributed by atoms with Gasteiger partial charge in [0.25, 0.3) is 0 Å². The van der Waals surface area contributed by atoms with E-state index < -0.39 is 20.8 Å². The number of halogens is 1. The molecule has 7 heteroatoms. The highest BCUT2D eigenvalue weighted by Crippen LogP contribution is 2.45. The molecule has 1 aliphatic rings. The minimum Gasteiger partial charge on any atom is -0.247 e. The molecule has 1 heterocycles. The topological polar surface area (TPSA) is 73.1 Å². The minimum atomic E-state index is -3.73.